The molecule has 6 heteroatoms. The van der Waals surface area contributed by atoms with E-state index in [1.807, 2.05) is 17.7 Å². The minimum absolute atomic E-state index is 0.367. The average molecular weight is 271 g/mol. The number of fused-ring (bicyclic) bond motifs is 1. The summed E-state index contributed by atoms with van der Waals surface area (Å²) in [6.45, 7) is 3.38. The SMILES string of the molecule is Cc1noc(C)c1C(=O)Oc1ccc2c(c1)ncn2C. The van der Waals surface area contributed by atoms with E-state index in [9.17, 15) is 4.79 Å². The van der Waals surface area contributed by atoms with E-state index in [1.54, 1.807) is 32.3 Å². The summed E-state index contributed by atoms with van der Waals surface area (Å²) in [6, 6.07) is 5.32. The summed E-state index contributed by atoms with van der Waals surface area (Å²) in [6.07, 6.45) is 1.71. The first-order valence-electron chi connectivity index (χ1n) is 6.12. The fourth-order valence-corrected chi connectivity index (χ4v) is 2.11. The van der Waals surface area contributed by atoms with E-state index in [2.05, 4.69) is 10.1 Å². The summed E-state index contributed by atoms with van der Waals surface area (Å²) in [5.41, 5.74) is 2.64. The topological polar surface area (TPSA) is 70.2 Å². The number of imidazole rings is 1. The van der Waals surface area contributed by atoms with Crippen molar-refractivity contribution in [2.75, 3.05) is 0 Å². The Labute approximate surface area is 115 Å². The van der Waals surface area contributed by atoms with Gasteiger partial charge in [-0.2, -0.15) is 0 Å². The van der Waals surface area contributed by atoms with Crippen molar-refractivity contribution in [3.8, 4) is 5.75 Å². The quantitative estimate of drug-likeness (QED) is 0.528. The van der Waals surface area contributed by atoms with E-state index >= 15 is 0 Å². The van der Waals surface area contributed by atoms with Crippen LogP contribution in [-0.4, -0.2) is 20.7 Å². The van der Waals surface area contributed by atoms with Crippen LogP contribution in [0, 0.1) is 13.8 Å². The molecule has 3 aromatic rings. The molecule has 2 heterocycles. The second kappa shape index (κ2) is 4.48. The molecule has 6 nitrogen and oxygen atoms in total. The number of carbonyl (C=O) groups is 1. The minimum Gasteiger partial charge on any atom is -0.423 e. The van der Waals surface area contributed by atoms with Crippen LogP contribution in [-0.2, 0) is 7.05 Å². The van der Waals surface area contributed by atoms with Crippen molar-refractivity contribution in [3.63, 3.8) is 0 Å². The molecular weight excluding hydrogens is 258 g/mol. The summed E-state index contributed by atoms with van der Waals surface area (Å²) in [5, 5.41) is 3.74. The monoisotopic (exact) mass is 271 g/mol. The Balaban J connectivity index is 1.91. The number of esters is 1. The van der Waals surface area contributed by atoms with E-state index in [-0.39, 0.29) is 0 Å². The molecule has 0 aliphatic carbocycles. The number of ether oxygens (including phenoxy) is 1. The van der Waals surface area contributed by atoms with Gasteiger partial charge in [0.25, 0.3) is 0 Å². The second-order valence-corrected chi connectivity index (χ2v) is 4.59. The lowest BCUT2D eigenvalue weighted by Gasteiger charge is -2.04. The standard InChI is InChI=1S/C14H13N3O3/c1-8-13(9(2)20-16-8)14(18)19-10-4-5-12-11(6-10)15-7-17(12)3/h4-7H,1-3H3. The molecule has 0 aliphatic heterocycles. The van der Waals surface area contributed by atoms with E-state index < -0.39 is 5.97 Å². The van der Waals surface area contributed by atoms with Crippen molar-refractivity contribution in [3.05, 3.63) is 41.5 Å². The molecule has 0 bridgehead atoms. The maximum absolute atomic E-state index is 12.1. The Kier molecular flexibility index (Phi) is 2.78. The molecule has 0 saturated heterocycles. The van der Waals surface area contributed by atoms with Gasteiger partial charge in [-0.15, -0.1) is 0 Å². The van der Waals surface area contributed by atoms with Gasteiger partial charge in [0.15, 0.2) is 0 Å². The third kappa shape index (κ3) is 1.95. The van der Waals surface area contributed by atoms with Gasteiger partial charge in [0.1, 0.15) is 17.1 Å². The lowest BCUT2D eigenvalue weighted by molar-refractivity contribution is 0.0732. The van der Waals surface area contributed by atoms with Crippen molar-refractivity contribution in [1.82, 2.24) is 14.7 Å². The van der Waals surface area contributed by atoms with Crippen LogP contribution in [0.15, 0.2) is 29.0 Å². The fourth-order valence-electron chi connectivity index (χ4n) is 2.11. The molecule has 102 valence electrons. The summed E-state index contributed by atoms with van der Waals surface area (Å²) in [4.78, 5) is 16.3. The molecule has 0 aliphatic rings. The van der Waals surface area contributed by atoms with Crippen LogP contribution in [0.1, 0.15) is 21.8 Å². The largest absolute Gasteiger partial charge is 0.423 e. The molecule has 20 heavy (non-hydrogen) atoms. The lowest BCUT2D eigenvalue weighted by Crippen LogP contribution is -2.10. The lowest BCUT2D eigenvalue weighted by atomic mass is 10.2. The Morgan fingerprint density at radius 3 is 2.85 bits per heavy atom. The maximum atomic E-state index is 12.1. The number of rotatable bonds is 2. The van der Waals surface area contributed by atoms with Gasteiger partial charge in [-0.05, 0) is 26.0 Å². The molecule has 0 N–H and O–H groups in total. The van der Waals surface area contributed by atoms with Crippen LogP contribution in [0.25, 0.3) is 11.0 Å². The number of benzene rings is 1. The Bertz CT molecular complexity index is 782. The van der Waals surface area contributed by atoms with E-state index in [1.165, 1.54) is 0 Å². The molecule has 0 unspecified atom stereocenters. The molecule has 0 radical (unpaired) electrons. The van der Waals surface area contributed by atoms with Crippen molar-refractivity contribution < 1.29 is 14.1 Å². The van der Waals surface area contributed by atoms with Crippen LogP contribution in [0.4, 0.5) is 0 Å². The third-order valence-corrected chi connectivity index (χ3v) is 3.14. The number of aromatic nitrogens is 3. The van der Waals surface area contributed by atoms with Crippen LogP contribution < -0.4 is 4.74 Å². The van der Waals surface area contributed by atoms with Gasteiger partial charge in [0, 0.05) is 13.1 Å². The average Bonchev–Trinajstić information content (AvgIpc) is 2.93. The summed E-state index contributed by atoms with van der Waals surface area (Å²) in [5.74, 6) is 0.421. The number of hydrogen-bond donors (Lipinski definition) is 0. The highest BCUT2D eigenvalue weighted by Crippen LogP contribution is 2.21. The highest BCUT2D eigenvalue weighted by atomic mass is 16.5. The van der Waals surface area contributed by atoms with Crippen LogP contribution in [0.3, 0.4) is 0 Å². The molecule has 3 rings (SSSR count). The van der Waals surface area contributed by atoms with Gasteiger partial charge in [-0.1, -0.05) is 5.16 Å². The Morgan fingerprint density at radius 2 is 2.15 bits per heavy atom. The Hall–Kier alpha value is -2.63. The van der Waals surface area contributed by atoms with Gasteiger partial charge in [0.2, 0.25) is 0 Å². The molecule has 0 fully saturated rings. The van der Waals surface area contributed by atoms with Gasteiger partial charge in [-0.25, -0.2) is 9.78 Å². The van der Waals surface area contributed by atoms with E-state index in [0.29, 0.717) is 22.8 Å². The number of nitrogens with zero attached hydrogens (tertiary/aromatic N) is 3. The van der Waals surface area contributed by atoms with E-state index in [4.69, 9.17) is 9.26 Å². The van der Waals surface area contributed by atoms with Crippen LogP contribution in [0.2, 0.25) is 0 Å². The molecule has 0 spiro atoms. The summed E-state index contributed by atoms with van der Waals surface area (Å²) < 4.78 is 12.2. The molecule has 0 amide bonds. The zero-order valence-electron chi connectivity index (χ0n) is 11.4. The third-order valence-electron chi connectivity index (χ3n) is 3.14. The second-order valence-electron chi connectivity index (χ2n) is 4.59. The predicted octanol–water partition coefficient (Wildman–Crippen LogP) is 2.40. The zero-order chi connectivity index (χ0) is 14.3. The van der Waals surface area contributed by atoms with Gasteiger partial charge in [-0.3, -0.25) is 0 Å². The molecule has 0 atom stereocenters. The molecule has 2 aromatic heterocycles. The van der Waals surface area contributed by atoms with Crippen LogP contribution >= 0.6 is 0 Å². The number of carbonyl (C=O) groups excluding carboxylic acids is 1. The maximum Gasteiger partial charge on any atom is 0.349 e. The van der Waals surface area contributed by atoms with Gasteiger partial charge < -0.3 is 13.8 Å². The number of aryl methyl sites for hydroxylation is 3. The smallest absolute Gasteiger partial charge is 0.349 e. The van der Waals surface area contributed by atoms with Gasteiger partial charge in [0.05, 0.1) is 23.1 Å². The normalized spacial score (nSPS) is 10.9. The first kappa shape index (κ1) is 12.4. The van der Waals surface area contributed by atoms with Crippen molar-refractivity contribution in [2.45, 2.75) is 13.8 Å². The first-order chi connectivity index (χ1) is 9.56. The molecular formula is C14H13N3O3. The summed E-state index contributed by atoms with van der Waals surface area (Å²) >= 11 is 0. The zero-order valence-corrected chi connectivity index (χ0v) is 11.4. The first-order valence-corrected chi connectivity index (χ1v) is 6.12. The molecule has 1 aromatic carbocycles. The Morgan fingerprint density at radius 1 is 1.35 bits per heavy atom. The highest BCUT2D eigenvalue weighted by Gasteiger charge is 2.19. The van der Waals surface area contributed by atoms with Crippen molar-refractivity contribution in [1.29, 1.82) is 0 Å². The van der Waals surface area contributed by atoms with Crippen molar-refractivity contribution >= 4 is 17.0 Å². The van der Waals surface area contributed by atoms with Crippen LogP contribution in [0.5, 0.6) is 5.75 Å². The van der Waals surface area contributed by atoms with Crippen molar-refractivity contribution in [2.24, 2.45) is 7.05 Å². The fraction of sp³-hybridized carbons (Fsp3) is 0.214. The van der Waals surface area contributed by atoms with E-state index in [0.717, 1.165) is 11.0 Å². The predicted molar refractivity (Wildman–Crippen MR) is 71.6 cm³/mol. The minimum atomic E-state index is -0.475. The van der Waals surface area contributed by atoms with Gasteiger partial charge >= 0.3 is 5.97 Å². The number of hydrogen-bond acceptors (Lipinski definition) is 5. The summed E-state index contributed by atoms with van der Waals surface area (Å²) in [7, 11) is 1.91. The highest BCUT2D eigenvalue weighted by molar-refractivity contribution is 5.93. The molecule has 0 saturated carbocycles.